The van der Waals surface area contributed by atoms with Crippen LogP contribution in [0, 0.1) is 0 Å². The molecular formula is C22H27N3O4S. The first-order chi connectivity index (χ1) is 14.2. The molecule has 0 bridgehead atoms. The maximum atomic E-state index is 12.4. The summed E-state index contributed by atoms with van der Waals surface area (Å²) in [5.74, 6) is -0.186. The minimum Gasteiger partial charge on any atom is -0.342 e. The van der Waals surface area contributed by atoms with E-state index in [4.69, 9.17) is 0 Å². The molecule has 0 radical (unpaired) electrons. The van der Waals surface area contributed by atoms with Crippen LogP contribution in [-0.4, -0.2) is 38.2 Å². The quantitative estimate of drug-likeness (QED) is 0.641. The van der Waals surface area contributed by atoms with Crippen molar-refractivity contribution in [1.29, 1.82) is 0 Å². The number of rotatable bonds is 9. The average Bonchev–Trinajstić information content (AvgIpc) is 3.51. The first-order valence-electron chi connectivity index (χ1n) is 9.95. The zero-order valence-corrected chi connectivity index (χ0v) is 18.0. The van der Waals surface area contributed by atoms with Gasteiger partial charge in [0.05, 0.1) is 4.90 Å². The van der Waals surface area contributed by atoms with Crippen molar-refractivity contribution in [3.05, 3.63) is 59.7 Å². The molecule has 160 valence electrons. The van der Waals surface area contributed by atoms with Gasteiger partial charge in [-0.3, -0.25) is 9.59 Å². The number of anilines is 1. The maximum absolute atomic E-state index is 12.4. The second kappa shape index (κ2) is 9.40. The second-order valence-corrected chi connectivity index (χ2v) is 9.33. The Morgan fingerprint density at radius 1 is 1.07 bits per heavy atom. The summed E-state index contributed by atoms with van der Waals surface area (Å²) < 4.78 is 27.1. The number of hydrogen-bond donors (Lipinski definition) is 2. The summed E-state index contributed by atoms with van der Waals surface area (Å²) in [5.41, 5.74) is 2.43. The summed E-state index contributed by atoms with van der Waals surface area (Å²) in [7, 11) is -1.75. The molecule has 8 heteroatoms. The topological polar surface area (TPSA) is 95.6 Å². The van der Waals surface area contributed by atoms with Crippen LogP contribution in [0.4, 0.5) is 5.69 Å². The van der Waals surface area contributed by atoms with Gasteiger partial charge in [0.2, 0.25) is 21.8 Å². The number of aryl methyl sites for hydroxylation is 1. The van der Waals surface area contributed by atoms with Gasteiger partial charge in [0.1, 0.15) is 0 Å². The van der Waals surface area contributed by atoms with Crippen molar-refractivity contribution < 1.29 is 18.0 Å². The monoisotopic (exact) mass is 429 g/mol. The summed E-state index contributed by atoms with van der Waals surface area (Å²) in [4.78, 5) is 25.7. The number of carbonyl (C=O) groups excluding carboxylic acids is 2. The normalized spacial score (nSPS) is 13.7. The van der Waals surface area contributed by atoms with Crippen molar-refractivity contribution in [3.63, 3.8) is 0 Å². The van der Waals surface area contributed by atoms with Gasteiger partial charge in [-0.25, -0.2) is 13.1 Å². The number of sulfonamides is 1. The van der Waals surface area contributed by atoms with Crippen LogP contribution < -0.4 is 10.0 Å². The van der Waals surface area contributed by atoms with Crippen LogP contribution in [0.15, 0.2) is 53.4 Å². The van der Waals surface area contributed by atoms with Crippen LogP contribution in [0.1, 0.15) is 37.3 Å². The molecule has 2 amide bonds. The van der Waals surface area contributed by atoms with E-state index in [2.05, 4.69) is 10.0 Å². The lowest BCUT2D eigenvalue weighted by molar-refractivity contribution is -0.128. The lowest BCUT2D eigenvalue weighted by Gasteiger charge is -2.18. The van der Waals surface area contributed by atoms with Crippen LogP contribution in [0.5, 0.6) is 0 Å². The number of hydrogen-bond acceptors (Lipinski definition) is 4. The van der Waals surface area contributed by atoms with Gasteiger partial charge in [-0.1, -0.05) is 30.3 Å². The lowest BCUT2D eigenvalue weighted by Crippen LogP contribution is -2.25. The molecule has 0 atom stereocenters. The fourth-order valence-corrected chi connectivity index (χ4v) is 4.25. The molecule has 0 heterocycles. The van der Waals surface area contributed by atoms with Gasteiger partial charge in [-0.2, -0.15) is 0 Å². The predicted octanol–water partition coefficient (Wildman–Crippen LogP) is 2.68. The third-order valence-corrected chi connectivity index (χ3v) is 6.55. The molecule has 0 unspecified atom stereocenters. The van der Waals surface area contributed by atoms with E-state index in [1.807, 2.05) is 24.3 Å². The lowest BCUT2D eigenvalue weighted by atomic mass is 10.1. The van der Waals surface area contributed by atoms with E-state index in [1.54, 1.807) is 36.2 Å². The summed E-state index contributed by atoms with van der Waals surface area (Å²) in [6.45, 7) is 1.91. The second-order valence-electron chi connectivity index (χ2n) is 7.62. The van der Waals surface area contributed by atoms with Crippen molar-refractivity contribution in [3.8, 4) is 0 Å². The first-order valence-corrected chi connectivity index (χ1v) is 11.4. The first kappa shape index (κ1) is 22.0. The molecule has 2 N–H and O–H groups in total. The molecule has 1 aliphatic carbocycles. The zero-order valence-electron chi connectivity index (χ0n) is 17.2. The Bertz CT molecular complexity index is 1010. The van der Waals surface area contributed by atoms with Gasteiger partial charge >= 0.3 is 0 Å². The highest BCUT2D eigenvalue weighted by molar-refractivity contribution is 7.89. The molecule has 2 aromatic rings. The third-order valence-electron chi connectivity index (χ3n) is 5.01. The standard InChI is InChI=1S/C22H27N3O4S/c1-16(26)25(2)15-18-5-3-4-6-21(18)23-22(27)14-9-17-7-12-20(13-8-17)30(28,29)24-19-10-11-19/h3-8,12-13,19,24H,9-11,14-15H2,1-2H3,(H,23,27). The molecule has 0 aliphatic heterocycles. The number of para-hydroxylation sites is 1. The molecule has 30 heavy (non-hydrogen) atoms. The van der Waals surface area contributed by atoms with E-state index in [0.29, 0.717) is 18.7 Å². The summed E-state index contributed by atoms with van der Waals surface area (Å²) in [6.07, 6.45) is 2.54. The predicted molar refractivity (Wildman–Crippen MR) is 115 cm³/mol. The van der Waals surface area contributed by atoms with E-state index in [9.17, 15) is 18.0 Å². The van der Waals surface area contributed by atoms with Gasteiger partial charge in [0.25, 0.3) is 0 Å². The highest BCUT2D eigenvalue weighted by Gasteiger charge is 2.27. The SMILES string of the molecule is CC(=O)N(C)Cc1ccccc1NC(=O)CCc1ccc(S(=O)(=O)NC2CC2)cc1. The summed E-state index contributed by atoms with van der Waals surface area (Å²) in [6, 6.07) is 14.1. The van der Waals surface area contributed by atoms with Crippen LogP contribution in [-0.2, 0) is 32.6 Å². The molecule has 7 nitrogen and oxygen atoms in total. The Morgan fingerprint density at radius 3 is 2.37 bits per heavy atom. The zero-order chi connectivity index (χ0) is 21.7. The van der Waals surface area contributed by atoms with E-state index in [1.165, 1.54) is 6.92 Å². The molecule has 1 saturated carbocycles. The smallest absolute Gasteiger partial charge is 0.240 e. The average molecular weight is 430 g/mol. The summed E-state index contributed by atoms with van der Waals surface area (Å²) >= 11 is 0. The van der Waals surface area contributed by atoms with Crippen LogP contribution in [0.3, 0.4) is 0 Å². The Kier molecular flexibility index (Phi) is 6.89. The Hall–Kier alpha value is -2.71. The number of benzene rings is 2. The van der Waals surface area contributed by atoms with E-state index < -0.39 is 10.0 Å². The van der Waals surface area contributed by atoms with E-state index in [-0.39, 0.29) is 29.2 Å². The molecule has 0 spiro atoms. The number of nitrogens with one attached hydrogen (secondary N) is 2. The van der Waals surface area contributed by atoms with Crippen molar-refractivity contribution in [1.82, 2.24) is 9.62 Å². The highest BCUT2D eigenvalue weighted by Crippen LogP contribution is 2.22. The van der Waals surface area contributed by atoms with Crippen LogP contribution >= 0.6 is 0 Å². The van der Waals surface area contributed by atoms with Crippen molar-refractivity contribution in [2.75, 3.05) is 12.4 Å². The van der Waals surface area contributed by atoms with Gasteiger partial charge < -0.3 is 10.2 Å². The van der Waals surface area contributed by atoms with Gasteiger partial charge in [0.15, 0.2) is 0 Å². The number of carbonyl (C=O) groups is 2. The largest absolute Gasteiger partial charge is 0.342 e. The van der Waals surface area contributed by atoms with E-state index in [0.717, 1.165) is 24.0 Å². The number of nitrogens with zero attached hydrogens (tertiary/aromatic N) is 1. The summed E-state index contributed by atoms with van der Waals surface area (Å²) in [5, 5.41) is 2.91. The Labute approximate surface area is 177 Å². The van der Waals surface area contributed by atoms with E-state index >= 15 is 0 Å². The fourth-order valence-electron chi connectivity index (χ4n) is 2.94. The highest BCUT2D eigenvalue weighted by atomic mass is 32.2. The molecule has 1 fully saturated rings. The minimum absolute atomic E-state index is 0.0473. The Morgan fingerprint density at radius 2 is 1.73 bits per heavy atom. The molecule has 1 aliphatic rings. The molecular weight excluding hydrogens is 402 g/mol. The maximum Gasteiger partial charge on any atom is 0.240 e. The molecule has 0 saturated heterocycles. The Balaban J connectivity index is 1.55. The fraction of sp³-hybridized carbons (Fsp3) is 0.364. The van der Waals surface area contributed by atoms with Gasteiger partial charge in [-0.05, 0) is 48.6 Å². The van der Waals surface area contributed by atoms with Crippen molar-refractivity contribution >= 4 is 27.5 Å². The van der Waals surface area contributed by atoms with Gasteiger partial charge in [-0.15, -0.1) is 0 Å². The molecule has 3 rings (SSSR count). The molecule has 2 aromatic carbocycles. The van der Waals surface area contributed by atoms with Crippen molar-refractivity contribution in [2.24, 2.45) is 0 Å². The van der Waals surface area contributed by atoms with Crippen LogP contribution in [0.2, 0.25) is 0 Å². The van der Waals surface area contributed by atoms with Crippen molar-refractivity contribution in [2.45, 2.75) is 50.1 Å². The third kappa shape index (κ3) is 6.14. The van der Waals surface area contributed by atoms with Gasteiger partial charge in [0, 0.05) is 38.7 Å². The minimum atomic E-state index is -3.46. The number of amides is 2. The molecule has 0 aromatic heterocycles. The van der Waals surface area contributed by atoms with Crippen LogP contribution in [0.25, 0.3) is 0 Å².